The molecule has 1 aliphatic rings. The van der Waals surface area contributed by atoms with Crippen molar-refractivity contribution in [3.8, 4) is 0 Å². The van der Waals surface area contributed by atoms with Crippen molar-refractivity contribution < 1.29 is 19.1 Å². The molecule has 1 heterocycles. The Morgan fingerprint density at radius 1 is 1.16 bits per heavy atom. The number of esters is 2. The van der Waals surface area contributed by atoms with Gasteiger partial charge in [0, 0.05) is 5.69 Å². The maximum absolute atomic E-state index is 12.2. The van der Waals surface area contributed by atoms with Gasteiger partial charge in [0.25, 0.3) is 6.29 Å². The zero-order valence-electron chi connectivity index (χ0n) is 13.7. The lowest BCUT2D eigenvalue weighted by molar-refractivity contribution is -0.152. The topological polar surface area (TPSA) is 64.6 Å². The molecule has 0 unspecified atom stereocenters. The van der Waals surface area contributed by atoms with E-state index in [0.29, 0.717) is 5.56 Å². The van der Waals surface area contributed by atoms with Crippen LogP contribution in [0.2, 0.25) is 0 Å². The van der Waals surface area contributed by atoms with Crippen molar-refractivity contribution in [2.45, 2.75) is 20.1 Å². The molecule has 2 aromatic rings. The summed E-state index contributed by atoms with van der Waals surface area (Å²) in [5.74, 6) is -1.34. The molecule has 0 saturated heterocycles. The van der Waals surface area contributed by atoms with Gasteiger partial charge in [-0.05, 0) is 43.2 Å². The average Bonchev–Trinajstić information content (AvgIpc) is 2.86. The van der Waals surface area contributed by atoms with Crippen LogP contribution in [-0.2, 0) is 14.3 Å². The molecule has 6 heteroatoms. The number of carbonyl (C=O) groups is 2. The van der Waals surface area contributed by atoms with Crippen LogP contribution in [0.4, 0.5) is 5.69 Å². The molecule has 0 bridgehead atoms. The van der Waals surface area contributed by atoms with Crippen molar-refractivity contribution >= 4 is 29.2 Å². The monoisotopic (exact) mass is 357 g/mol. The lowest BCUT2D eigenvalue weighted by Crippen LogP contribution is -2.24. The number of aryl methyl sites for hydroxylation is 2. The fourth-order valence-electron chi connectivity index (χ4n) is 2.37. The van der Waals surface area contributed by atoms with Gasteiger partial charge < -0.3 is 14.8 Å². The highest BCUT2D eigenvalue weighted by molar-refractivity contribution is 6.42. The molecule has 0 aromatic heterocycles. The number of carbonyl (C=O) groups excluding carboxylic acids is 2. The van der Waals surface area contributed by atoms with E-state index in [2.05, 4.69) is 5.32 Å². The van der Waals surface area contributed by atoms with Gasteiger partial charge in [-0.3, -0.25) is 0 Å². The number of hydrogen-bond acceptors (Lipinski definition) is 5. The SMILES string of the molecule is Cc1ccc(C)c(NC2=C(Cl)C(=O)O[C@@H]2OC(=O)c2ccccc2)c1. The smallest absolute Gasteiger partial charge is 0.355 e. The molecule has 0 radical (unpaired) electrons. The molecule has 0 fully saturated rings. The van der Waals surface area contributed by atoms with Crippen LogP contribution in [0, 0.1) is 13.8 Å². The Morgan fingerprint density at radius 2 is 1.88 bits per heavy atom. The van der Waals surface area contributed by atoms with Gasteiger partial charge in [-0.2, -0.15) is 0 Å². The summed E-state index contributed by atoms with van der Waals surface area (Å²) in [5, 5.41) is 2.93. The van der Waals surface area contributed by atoms with Gasteiger partial charge in [0.15, 0.2) is 5.03 Å². The van der Waals surface area contributed by atoms with E-state index in [0.717, 1.165) is 16.8 Å². The second-order valence-corrected chi connectivity index (χ2v) is 6.06. The third kappa shape index (κ3) is 3.67. The number of benzene rings is 2. The summed E-state index contributed by atoms with van der Waals surface area (Å²) in [6.45, 7) is 3.86. The fraction of sp³-hybridized carbons (Fsp3) is 0.158. The van der Waals surface area contributed by atoms with E-state index < -0.39 is 18.2 Å². The van der Waals surface area contributed by atoms with E-state index in [1.54, 1.807) is 30.3 Å². The van der Waals surface area contributed by atoms with Gasteiger partial charge >= 0.3 is 11.9 Å². The first kappa shape index (κ1) is 17.0. The molecule has 0 saturated carbocycles. The Labute approximate surface area is 150 Å². The third-order valence-corrected chi connectivity index (χ3v) is 4.11. The Balaban J connectivity index is 1.84. The third-order valence-electron chi connectivity index (χ3n) is 3.75. The molecule has 3 rings (SSSR count). The summed E-state index contributed by atoms with van der Waals surface area (Å²) in [6.07, 6.45) is -1.22. The van der Waals surface area contributed by atoms with Crippen LogP contribution in [0.1, 0.15) is 21.5 Å². The van der Waals surface area contributed by atoms with Crippen molar-refractivity contribution in [1.29, 1.82) is 0 Å². The van der Waals surface area contributed by atoms with Crippen molar-refractivity contribution in [1.82, 2.24) is 0 Å². The number of ether oxygens (including phenoxy) is 2. The molecule has 128 valence electrons. The lowest BCUT2D eigenvalue weighted by Gasteiger charge is -2.17. The first-order valence-corrected chi connectivity index (χ1v) is 8.04. The number of halogens is 1. The molecule has 0 aliphatic carbocycles. The Bertz CT molecular complexity index is 861. The highest BCUT2D eigenvalue weighted by Gasteiger charge is 2.36. The zero-order chi connectivity index (χ0) is 18.0. The van der Waals surface area contributed by atoms with Gasteiger partial charge in [-0.15, -0.1) is 0 Å². The van der Waals surface area contributed by atoms with Crippen molar-refractivity contribution in [3.63, 3.8) is 0 Å². The quantitative estimate of drug-likeness (QED) is 0.840. The van der Waals surface area contributed by atoms with E-state index in [1.807, 2.05) is 32.0 Å². The first-order valence-electron chi connectivity index (χ1n) is 7.66. The molecule has 25 heavy (non-hydrogen) atoms. The minimum Gasteiger partial charge on any atom is -0.415 e. The Hall–Kier alpha value is -2.79. The lowest BCUT2D eigenvalue weighted by atomic mass is 10.1. The first-order chi connectivity index (χ1) is 12.0. The minimum absolute atomic E-state index is 0.133. The van der Waals surface area contributed by atoms with Crippen LogP contribution >= 0.6 is 11.6 Å². The van der Waals surface area contributed by atoms with E-state index in [1.165, 1.54) is 0 Å². The maximum Gasteiger partial charge on any atom is 0.355 e. The van der Waals surface area contributed by atoms with Gasteiger partial charge in [0.1, 0.15) is 5.70 Å². The summed E-state index contributed by atoms with van der Waals surface area (Å²) < 4.78 is 10.4. The summed E-state index contributed by atoms with van der Waals surface area (Å²) >= 11 is 6.05. The van der Waals surface area contributed by atoms with Gasteiger partial charge in [-0.25, -0.2) is 9.59 Å². The molecule has 0 amide bonds. The number of hydrogen-bond donors (Lipinski definition) is 1. The summed E-state index contributed by atoms with van der Waals surface area (Å²) in [6, 6.07) is 14.3. The van der Waals surface area contributed by atoms with E-state index in [9.17, 15) is 9.59 Å². The number of anilines is 1. The summed E-state index contributed by atoms with van der Waals surface area (Å²) in [7, 11) is 0. The molecule has 1 aliphatic heterocycles. The molecular weight excluding hydrogens is 342 g/mol. The Morgan fingerprint density at radius 3 is 2.60 bits per heavy atom. The fourth-order valence-corrected chi connectivity index (χ4v) is 2.55. The van der Waals surface area contributed by atoms with Crippen molar-refractivity contribution in [2.24, 2.45) is 0 Å². The van der Waals surface area contributed by atoms with E-state index >= 15 is 0 Å². The van der Waals surface area contributed by atoms with Gasteiger partial charge in [0.05, 0.1) is 5.56 Å². The van der Waals surface area contributed by atoms with Gasteiger partial charge in [-0.1, -0.05) is 41.9 Å². The van der Waals surface area contributed by atoms with Crippen LogP contribution in [0.3, 0.4) is 0 Å². The molecule has 5 nitrogen and oxygen atoms in total. The van der Waals surface area contributed by atoms with E-state index in [4.69, 9.17) is 21.1 Å². The molecule has 1 N–H and O–H groups in total. The summed E-state index contributed by atoms with van der Waals surface area (Å²) in [4.78, 5) is 24.0. The van der Waals surface area contributed by atoms with Crippen LogP contribution in [0.5, 0.6) is 0 Å². The van der Waals surface area contributed by atoms with Crippen molar-refractivity contribution in [2.75, 3.05) is 5.32 Å². The predicted octanol–water partition coefficient (Wildman–Crippen LogP) is 3.91. The van der Waals surface area contributed by atoms with Crippen LogP contribution < -0.4 is 5.32 Å². The zero-order valence-corrected chi connectivity index (χ0v) is 14.5. The number of nitrogens with one attached hydrogen (secondary N) is 1. The second-order valence-electron chi connectivity index (χ2n) is 5.68. The second kappa shape index (κ2) is 6.99. The van der Waals surface area contributed by atoms with Crippen LogP contribution in [-0.4, -0.2) is 18.2 Å². The van der Waals surface area contributed by atoms with Crippen LogP contribution in [0.25, 0.3) is 0 Å². The highest BCUT2D eigenvalue weighted by atomic mass is 35.5. The normalized spacial score (nSPS) is 16.6. The van der Waals surface area contributed by atoms with Crippen LogP contribution in [0.15, 0.2) is 59.3 Å². The molecule has 0 spiro atoms. The molecule has 2 aromatic carbocycles. The highest BCUT2D eigenvalue weighted by Crippen LogP contribution is 2.30. The van der Waals surface area contributed by atoms with E-state index in [-0.39, 0.29) is 10.7 Å². The molecular formula is C19H16ClNO4. The molecule has 1 atom stereocenters. The van der Waals surface area contributed by atoms with Gasteiger partial charge in [0.2, 0.25) is 0 Å². The maximum atomic E-state index is 12.2. The largest absolute Gasteiger partial charge is 0.415 e. The predicted molar refractivity (Wildman–Crippen MR) is 94.2 cm³/mol. The minimum atomic E-state index is -1.22. The summed E-state index contributed by atoms with van der Waals surface area (Å²) in [5.41, 5.74) is 3.31. The number of cyclic esters (lactones) is 1. The Kier molecular flexibility index (Phi) is 4.76. The number of rotatable bonds is 4. The standard InChI is InChI=1S/C19H16ClNO4/c1-11-8-9-12(2)14(10-11)21-16-15(20)18(23)25-19(16)24-17(22)13-6-4-3-5-7-13/h3-10,19,21H,1-2H3/t19-/m0/s1. The average molecular weight is 358 g/mol. The van der Waals surface area contributed by atoms with Crippen molar-refractivity contribution in [3.05, 3.63) is 76.0 Å².